The molecule has 0 saturated heterocycles. The summed E-state index contributed by atoms with van der Waals surface area (Å²) < 4.78 is 10.8. The van der Waals surface area contributed by atoms with E-state index in [2.05, 4.69) is 27.2 Å². The fourth-order valence-electron chi connectivity index (χ4n) is 5.87. The van der Waals surface area contributed by atoms with Crippen molar-refractivity contribution in [2.75, 3.05) is 0 Å². The summed E-state index contributed by atoms with van der Waals surface area (Å²) in [4.78, 5) is 20.0. The van der Waals surface area contributed by atoms with Crippen LogP contribution in [-0.2, 0) is 0 Å². The third-order valence-electron chi connectivity index (χ3n) is 7.81. The average Bonchev–Trinajstić information content (AvgIpc) is 3.72. The van der Waals surface area contributed by atoms with E-state index in [0.717, 1.165) is 55.7 Å². The first kappa shape index (κ1) is 23.6. The van der Waals surface area contributed by atoms with Crippen molar-refractivity contribution in [3.63, 3.8) is 0 Å². The smallest absolute Gasteiger partial charge is 0.232 e. The zero-order chi connectivity index (χ0) is 28.3. The zero-order valence-electron chi connectivity index (χ0n) is 22.8. The molecule has 0 aliphatic rings. The quantitative estimate of drug-likeness (QED) is 0.219. The van der Waals surface area contributed by atoms with Crippen molar-refractivity contribution in [2.24, 2.45) is 0 Å². The molecule has 5 aromatic carbocycles. The molecule has 0 spiro atoms. The van der Waals surface area contributed by atoms with Crippen LogP contribution < -0.4 is 0 Å². The molecule has 0 atom stereocenters. The van der Waals surface area contributed by atoms with Gasteiger partial charge in [0.1, 0.15) is 11.1 Å². The van der Waals surface area contributed by atoms with E-state index in [4.69, 9.17) is 24.4 Å². The molecule has 4 aromatic heterocycles. The van der Waals surface area contributed by atoms with Gasteiger partial charge in [-0.1, -0.05) is 97.1 Å². The molecule has 202 valence electrons. The van der Waals surface area contributed by atoms with Gasteiger partial charge in [0.15, 0.2) is 17.5 Å². The van der Waals surface area contributed by atoms with Crippen molar-refractivity contribution in [2.45, 2.75) is 0 Å². The number of nitrogens with zero attached hydrogens (tertiary/aromatic N) is 6. The fourth-order valence-corrected chi connectivity index (χ4v) is 5.87. The number of benzene rings is 5. The summed E-state index contributed by atoms with van der Waals surface area (Å²) in [5, 5.41) is 1.03. The number of imidazole rings is 2. The number of fused-ring (bicyclic) bond motifs is 7. The van der Waals surface area contributed by atoms with Gasteiger partial charge in [-0.15, -0.1) is 0 Å². The number of aromatic nitrogens is 6. The van der Waals surface area contributed by atoms with E-state index in [1.807, 2.05) is 115 Å². The molecule has 9 aromatic rings. The molecule has 7 nitrogen and oxygen atoms in total. The predicted octanol–water partition coefficient (Wildman–Crippen LogP) is 8.36. The molecule has 7 heteroatoms. The molecule has 0 unspecified atom stereocenters. The first-order valence-corrected chi connectivity index (χ1v) is 14.1. The Morgan fingerprint density at radius 2 is 1.12 bits per heavy atom. The summed E-state index contributed by atoms with van der Waals surface area (Å²) in [5.41, 5.74) is 7.97. The highest BCUT2D eigenvalue weighted by Gasteiger charge is 2.25. The third-order valence-corrected chi connectivity index (χ3v) is 7.81. The van der Waals surface area contributed by atoms with E-state index in [1.165, 1.54) is 0 Å². The summed E-state index contributed by atoms with van der Waals surface area (Å²) in [6.45, 7) is 0. The Morgan fingerprint density at radius 1 is 0.512 bits per heavy atom. The lowest BCUT2D eigenvalue weighted by atomic mass is 10.1. The van der Waals surface area contributed by atoms with Crippen molar-refractivity contribution in [3.05, 3.63) is 133 Å². The number of rotatable bonds is 4. The van der Waals surface area contributed by atoms with Gasteiger partial charge in [0.25, 0.3) is 0 Å². The zero-order valence-corrected chi connectivity index (χ0v) is 22.8. The highest BCUT2D eigenvalue weighted by Crippen LogP contribution is 2.38. The lowest BCUT2D eigenvalue weighted by Crippen LogP contribution is -2.03. The first-order chi connectivity index (χ1) is 21.3. The predicted molar refractivity (Wildman–Crippen MR) is 169 cm³/mol. The van der Waals surface area contributed by atoms with Crippen LogP contribution in [0.2, 0.25) is 0 Å². The largest absolute Gasteiger partial charge is 0.437 e. The van der Waals surface area contributed by atoms with Crippen LogP contribution in [0.1, 0.15) is 0 Å². The average molecular weight is 555 g/mol. The van der Waals surface area contributed by atoms with Gasteiger partial charge in [0.2, 0.25) is 11.5 Å². The minimum Gasteiger partial charge on any atom is -0.437 e. The lowest BCUT2D eigenvalue weighted by molar-refractivity contribution is 0.645. The summed E-state index contributed by atoms with van der Waals surface area (Å²) in [6, 6.07) is 44.5. The molecule has 0 aliphatic heterocycles. The van der Waals surface area contributed by atoms with Crippen LogP contribution in [0.5, 0.6) is 0 Å². The molecule has 0 N–H and O–H groups in total. The number of hydrogen-bond acceptors (Lipinski definition) is 5. The van der Waals surface area contributed by atoms with Gasteiger partial charge in [-0.05, 0) is 36.4 Å². The van der Waals surface area contributed by atoms with Crippen molar-refractivity contribution in [3.8, 4) is 39.9 Å². The van der Waals surface area contributed by atoms with E-state index in [0.29, 0.717) is 23.2 Å². The van der Waals surface area contributed by atoms with Crippen LogP contribution in [0.15, 0.2) is 138 Å². The third kappa shape index (κ3) is 3.62. The molecular formula is C36H22N6O. The first-order valence-electron chi connectivity index (χ1n) is 14.1. The molecule has 4 heterocycles. The van der Waals surface area contributed by atoms with Crippen LogP contribution in [0.4, 0.5) is 0 Å². The highest BCUT2D eigenvalue weighted by atomic mass is 16.3. The molecule has 0 aliphatic carbocycles. The van der Waals surface area contributed by atoms with Gasteiger partial charge in [0.05, 0.1) is 16.7 Å². The second-order valence-electron chi connectivity index (χ2n) is 10.4. The van der Waals surface area contributed by atoms with Crippen molar-refractivity contribution < 1.29 is 4.42 Å². The van der Waals surface area contributed by atoms with Crippen LogP contribution in [0, 0.1) is 0 Å². The molecule has 0 fully saturated rings. The maximum Gasteiger partial charge on any atom is 0.232 e. The molecular weight excluding hydrogens is 532 g/mol. The maximum atomic E-state index is 6.56. The second-order valence-corrected chi connectivity index (χ2v) is 10.4. The number of furan rings is 1. The van der Waals surface area contributed by atoms with E-state index < -0.39 is 0 Å². The number of para-hydroxylation sites is 4. The lowest BCUT2D eigenvalue weighted by Gasteiger charge is -2.12. The van der Waals surface area contributed by atoms with Crippen LogP contribution in [0.3, 0.4) is 0 Å². The van der Waals surface area contributed by atoms with Gasteiger partial charge < -0.3 is 4.42 Å². The van der Waals surface area contributed by atoms with Crippen molar-refractivity contribution in [1.29, 1.82) is 0 Å². The monoisotopic (exact) mass is 554 g/mol. The Kier molecular flexibility index (Phi) is 5.06. The summed E-state index contributed by atoms with van der Waals surface area (Å²) >= 11 is 0. The van der Waals surface area contributed by atoms with E-state index >= 15 is 0 Å². The number of hydrogen-bond donors (Lipinski definition) is 0. The SMILES string of the molecule is c1ccc(-c2nc(-c3ccccc3)nc(-c3ccccc3-n3c4oc5ccccc5c4n4c5ccccc5nc34)n2)cc1. The summed E-state index contributed by atoms with van der Waals surface area (Å²) in [5.74, 6) is 2.54. The van der Waals surface area contributed by atoms with Crippen LogP contribution in [0.25, 0.3) is 78.9 Å². The minimum atomic E-state index is 0.565. The standard InChI is InChI=1S/C36H22N6O/c1-3-13-23(14-4-1)32-38-33(24-15-5-2-6-16-24)40-34(39-32)25-17-7-10-20-28(25)42-35-31(26-18-8-12-22-30(26)43-35)41-29-21-11-9-19-27(29)37-36(41)42/h1-22H. The fraction of sp³-hybridized carbons (Fsp3) is 0. The van der Waals surface area contributed by atoms with Crippen molar-refractivity contribution >= 4 is 39.0 Å². The van der Waals surface area contributed by atoms with E-state index in [1.54, 1.807) is 0 Å². The Labute approximate surface area is 245 Å². The van der Waals surface area contributed by atoms with Crippen LogP contribution in [-0.4, -0.2) is 28.9 Å². The topological polar surface area (TPSA) is 74.0 Å². The Balaban J connectivity index is 1.37. The maximum absolute atomic E-state index is 6.56. The molecule has 9 rings (SSSR count). The van der Waals surface area contributed by atoms with E-state index in [-0.39, 0.29) is 0 Å². The van der Waals surface area contributed by atoms with Gasteiger partial charge in [-0.25, -0.2) is 24.5 Å². The van der Waals surface area contributed by atoms with Gasteiger partial charge in [0, 0.05) is 22.1 Å². The minimum absolute atomic E-state index is 0.565. The Hall–Kier alpha value is -6.08. The molecule has 43 heavy (non-hydrogen) atoms. The van der Waals surface area contributed by atoms with Crippen LogP contribution >= 0.6 is 0 Å². The summed E-state index contributed by atoms with van der Waals surface area (Å²) in [7, 11) is 0. The Morgan fingerprint density at radius 3 is 1.88 bits per heavy atom. The van der Waals surface area contributed by atoms with Crippen molar-refractivity contribution in [1.82, 2.24) is 28.9 Å². The normalized spacial score (nSPS) is 11.7. The Bertz CT molecular complexity index is 2310. The van der Waals surface area contributed by atoms with Gasteiger partial charge in [-0.3, -0.25) is 4.40 Å². The van der Waals surface area contributed by atoms with E-state index in [9.17, 15) is 0 Å². The second kappa shape index (κ2) is 9.22. The highest BCUT2D eigenvalue weighted by molar-refractivity contribution is 6.06. The molecule has 0 saturated carbocycles. The molecule has 0 radical (unpaired) electrons. The summed E-state index contributed by atoms with van der Waals surface area (Å²) in [6.07, 6.45) is 0. The molecule has 0 amide bonds. The van der Waals surface area contributed by atoms with Gasteiger partial charge >= 0.3 is 0 Å². The molecule has 0 bridgehead atoms. The van der Waals surface area contributed by atoms with Gasteiger partial charge in [-0.2, -0.15) is 0 Å².